The maximum absolute atomic E-state index is 11.7. The minimum absolute atomic E-state index is 0.0889. The van der Waals surface area contributed by atoms with Crippen molar-refractivity contribution in [3.05, 3.63) is 0 Å². The summed E-state index contributed by atoms with van der Waals surface area (Å²) in [7, 11) is 4.94. The van der Waals surface area contributed by atoms with E-state index in [-0.39, 0.29) is 18.4 Å². The first-order valence-corrected chi connectivity index (χ1v) is 5.60. The number of hydrogen-bond donors (Lipinski definition) is 1. The molecular weight excluding hydrogens is 206 g/mol. The maximum atomic E-state index is 11.7. The lowest BCUT2D eigenvalue weighted by atomic mass is 10.1. The molecule has 94 valence electrons. The van der Waals surface area contributed by atoms with Crippen LogP contribution in [0.3, 0.4) is 0 Å². The maximum Gasteiger partial charge on any atom is 0.241 e. The van der Waals surface area contributed by atoms with Crippen LogP contribution in [0.4, 0.5) is 0 Å². The molecule has 0 radical (unpaired) electrons. The van der Waals surface area contributed by atoms with Crippen molar-refractivity contribution in [2.75, 3.05) is 27.7 Å². The van der Waals surface area contributed by atoms with Crippen molar-refractivity contribution in [1.29, 1.82) is 0 Å². The highest BCUT2D eigenvalue weighted by Crippen LogP contribution is 2.01. The lowest BCUT2D eigenvalue weighted by Gasteiger charge is -2.22. The molecule has 0 aromatic heterocycles. The van der Waals surface area contributed by atoms with Gasteiger partial charge < -0.3 is 15.5 Å². The van der Waals surface area contributed by atoms with Gasteiger partial charge in [-0.15, -0.1) is 0 Å². The van der Waals surface area contributed by atoms with Crippen LogP contribution in [0.2, 0.25) is 0 Å². The first-order valence-electron chi connectivity index (χ1n) is 5.60. The number of amides is 2. The van der Waals surface area contributed by atoms with E-state index in [1.165, 1.54) is 9.80 Å². The Morgan fingerprint density at radius 2 is 1.81 bits per heavy atom. The molecule has 0 aromatic rings. The molecule has 0 bridgehead atoms. The topological polar surface area (TPSA) is 66.6 Å². The van der Waals surface area contributed by atoms with E-state index < -0.39 is 6.04 Å². The third-order valence-corrected chi connectivity index (χ3v) is 2.43. The van der Waals surface area contributed by atoms with Crippen molar-refractivity contribution in [1.82, 2.24) is 9.80 Å². The third kappa shape index (κ3) is 5.11. The average molecular weight is 229 g/mol. The second-order valence-corrected chi connectivity index (χ2v) is 4.23. The van der Waals surface area contributed by atoms with Crippen LogP contribution in [0.1, 0.15) is 26.2 Å². The molecule has 1 atom stereocenters. The van der Waals surface area contributed by atoms with Gasteiger partial charge in [-0.05, 0) is 6.42 Å². The molecule has 0 aliphatic rings. The molecule has 5 heteroatoms. The highest BCUT2D eigenvalue weighted by molar-refractivity contribution is 5.87. The Hall–Kier alpha value is -1.10. The first-order chi connectivity index (χ1) is 7.40. The molecule has 0 saturated heterocycles. The van der Waals surface area contributed by atoms with Crippen LogP contribution in [0.5, 0.6) is 0 Å². The summed E-state index contributed by atoms with van der Waals surface area (Å²) >= 11 is 0. The van der Waals surface area contributed by atoms with Crippen LogP contribution in [0, 0.1) is 0 Å². The standard InChI is InChI=1S/C11H23N3O2/c1-5-6-7-9(12)11(16)14(4)8-10(15)13(2)3/h9H,5-8,12H2,1-4H3. The molecule has 1 unspecified atom stereocenters. The van der Waals surface area contributed by atoms with Crippen molar-refractivity contribution in [3.63, 3.8) is 0 Å². The summed E-state index contributed by atoms with van der Waals surface area (Å²) < 4.78 is 0. The van der Waals surface area contributed by atoms with Crippen LogP contribution >= 0.6 is 0 Å². The van der Waals surface area contributed by atoms with Gasteiger partial charge in [0, 0.05) is 21.1 Å². The van der Waals surface area contributed by atoms with Gasteiger partial charge in [0.15, 0.2) is 0 Å². The third-order valence-electron chi connectivity index (χ3n) is 2.43. The SMILES string of the molecule is CCCCC(N)C(=O)N(C)CC(=O)N(C)C. The van der Waals surface area contributed by atoms with Gasteiger partial charge in [0.1, 0.15) is 0 Å². The largest absolute Gasteiger partial charge is 0.347 e. The zero-order chi connectivity index (χ0) is 12.7. The molecule has 0 saturated carbocycles. The summed E-state index contributed by atoms with van der Waals surface area (Å²) in [6.45, 7) is 2.14. The number of carbonyl (C=O) groups is 2. The summed E-state index contributed by atoms with van der Waals surface area (Å²) in [5.74, 6) is -0.262. The van der Waals surface area contributed by atoms with Gasteiger partial charge in [0.05, 0.1) is 12.6 Å². The van der Waals surface area contributed by atoms with E-state index in [1.807, 2.05) is 0 Å². The zero-order valence-electron chi connectivity index (χ0n) is 10.7. The zero-order valence-corrected chi connectivity index (χ0v) is 10.7. The molecule has 0 rings (SSSR count). The first kappa shape index (κ1) is 14.9. The second-order valence-electron chi connectivity index (χ2n) is 4.23. The Morgan fingerprint density at radius 3 is 2.25 bits per heavy atom. The molecule has 2 amide bonds. The van der Waals surface area contributed by atoms with Gasteiger partial charge >= 0.3 is 0 Å². The van der Waals surface area contributed by atoms with E-state index in [9.17, 15) is 9.59 Å². The number of rotatable bonds is 6. The van der Waals surface area contributed by atoms with E-state index in [0.29, 0.717) is 6.42 Å². The second kappa shape index (κ2) is 7.22. The van der Waals surface area contributed by atoms with Crippen LogP contribution in [-0.4, -0.2) is 55.3 Å². The summed E-state index contributed by atoms with van der Waals surface area (Å²) in [6.07, 6.45) is 2.62. The molecule has 0 heterocycles. The van der Waals surface area contributed by atoms with Gasteiger partial charge in [-0.3, -0.25) is 9.59 Å². The van der Waals surface area contributed by atoms with Crippen LogP contribution in [0.15, 0.2) is 0 Å². The Labute approximate surface area is 97.6 Å². The summed E-state index contributed by atoms with van der Waals surface area (Å²) in [5.41, 5.74) is 5.74. The molecule has 0 spiro atoms. The lowest BCUT2D eigenvalue weighted by Crippen LogP contribution is -2.45. The minimum Gasteiger partial charge on any atom is -0.347 e. The molecule has 16 heavy (non-hydrogen) atoms. The van der Waals surface area contributed by atoms with E-state index in [4.69, 9.17) is 5.73 Å². The van der Waals surface area contributed by atoms with Gasteiger partial charge in [0.2, 0.25) is 11.8 Å². The van der Waals surface area contributed by atoms with Gasteiger partial charge in [-0.1, -0.05) is 19.8 Å². The number of hydrogen-bond acceptors (Lipinski definition) is 3. The van der Waals surface area contributed by atoms with Crippen molar-refractivity contribution >= 4 is 11.8 Å². The van der Waals surface area contributed by atoms with Crippen molar-refractivity contribution in [3.8, 4) is 0 Å². The Bertz CT molecular complexity index is 241. The van der Waals surface area contributed by atoms with Crippen molar-refractivity contribution < 1.29 is 9.59 Å². The molecule has 0 aliphatic carbocycles. The highest BCUT2D eigenvalue weighted by Gasteiger charge is 2.19. The monoisotopic (exact) mass is 229 g/mol. The number of carbonyl (C=O) groups excluding carboxylic acids is 2. The highest BCUT2D eigenvalue weighted by atomic mass is 16.2. The smallest absolute Gasteiger partial charge is 0.241 e. The van der Waals surface area contributed by atoms with Crippen LogP contribution in [0.25, 0.3) is 0 Å². The van der Waals surface area contributed by atoms with E-state index in [2.05, 4.69) is 6.92 Å². The Balaban J connectivity index is 4.12. The molecule has 0 fully saturated rings. The predicted octanol–water partition coefficient (Wildman–Crippen LogP) is 0.0505. The summed E-state index contributed by atoms with van der Waals surface area (Å²) in [4.78, 5) is 26.0. The summed E-state index contributed by atoms with van der Waals surface area (Å²) in [5, 5.41) is 0. The predicted molar refractivity (Wildman–Crippen MR) is 63.8 cm³/mol. The van der Waals surface area contributed by atoms with E-state index >= 15 is 0 Å². The minimum atomic E-state index is -0.486. The number of unbranched alkanes of at least 4 members (excludes halogenated alkanes) is 1. The van der Waals surface area contributed by atoms with Gasteiger partial charge in [-0.2, -0.15) is 0 Å². The van der Waals surface area contributed by atoms with Crippen LogP contribution in [-0.2, 0) is 9.59 Å². The summed E-state index contributed by atoms with van der Waals surface area (Å²) in [6, 6.07) is -0.486. The molecule has 2 N–H and O–H groups in total. The quantitative estimate of drug-likeness (QED) is 0.700. The Kier molecular flexibility index (Phi) is 6.72. The number of likely N-dealkylation sites (N-methyl/N-ethyl adjacent to an activating group) is 2. The van der Waals surface area contributed by atoms with Crippen molar-refractivity contribution in [2.45, 2.75) is 32.2 Å². The van der Waals surface area contributed by atoms with E-state index in [1.54, 1.807) is 21.1 Å². The normalized spacial score (nSPS) is 12.1. The lowest BCUT2D eigenvalue weighted by molar-refractivity contribution is -0.138. The number of nitrogens with two attached hydrogens (primary N) is 1. The molecular formula is C11H23N3O2. The average Bonchev–Trinajstić information content (AvgIpc) is 2.24. The fourth-order valence-corrected chi connectivity index (χ4v) is 1.25. The number of nitrogens with zero attached hydrogens (tertiary/aromatic N) is 2. The Morgan fingerprint density at radius 1 is 1.25 bits per heavy atom. The van der Waals surface area contributed by atoms with E-state index in [0.717, 1.165) is 12.8 Å². The van der Waals surface area contributed by atoms with Gasteiger partial charge in [0.25, 0.3) is 0 Å². The fraction of sp³-hybridized carbons (Fsp3) is 0.818. The molecule has 0 aliphatic heterocycles. The van der Waals surface area contributed by atoms with Crippen molar-refractivity contribution in [2.24, 2.45) is 5.73 Å². The van der Waals surface area contributed by atoms with Crippen LogP contribution < -0.4 is 5.73 Å². The fourth-order valence-electron chi connectivity index (χ4n) is 1.25. The van der Waals surface area contributed by atoms with Gasteiger partial charge in [-0.25, -0.2) is 0 Å². The molecule has 0 aromatic carbocycles. The molecule has 5 nitrogen and oxygen atoms in total.